The molecule has 0 unspecified atom stereocenters. The molecule has 116 valence electrons. The topological polar surface area (TPSA) is 12.4 Å². The molecule has 0 amide bonds. The third-order valence-corrected chi connectivity index (χ3v) is 5.02. The quantitative estimate of drug-likeness (QED) is 0.395. The maximum absolute atomic E-state index is 6.02. The van der Waals surface area contributed by atoms with Crippen LogP contribution in [0.1, 0.15) is 0 Å². The summed E-state index contributed by atoms with van der Waals surface area (Å²) in [4.78, 5) is 4.82. The second-order valence-electron chi connectivity index (χ2n) is 5.45. The van der Waals surface area contributed by atoms with E-state index >= 15 is 0 Å². The Hall–Kier alpha value is -2.42. The first-order chi connectivity index (χ1) is 11.8. The molecule has 0 atom stereocenters. The van der Waals surface area contributed by atoms with Crippen molar-refractivity contribution in [2.45, 2.75) is 0 Å². The fourth-order valence-electron chi connectivity index (χ4n) is 2.71. The van der Waals surface area contributed by atoms with Gasteiger partial charge in [0.25, 0.3) is 0 Å². The van der Waals surface area contributed by atoms with Crippen molar-refractivity contribution >= 4 is 39.4 Å². The van der Waals surface area contributed by atoms with Crippen LogP contribution in [-0.2, 0) is 0 Å². The highest BCUT2D eigenvalue weighted by Crippen LogP contribution is 2.29. The van der Waals surface area contributed by atoms with Crippen LogP contribution < -0.4 is 4.67 Å². The van der Waals surface area contributed by atoms with Gasteiger partial charge in [-0.25, -0.2) is 4.99 Å². The van der Waals surface area contributed by atoms with E-state index in [0.717, 1.165) is 20.9 Å². The fraction of sp³-hybridized carbons (Fsp3) is 0. The van der Waals surface area contributed by atoms with Gasteiger partial charge in [-0.15, -0.1) is 11.3 Å². The maximum Gasteiger partial charge on any atom is 0.124 e. The van der Waals surface area contributed by atoms with Gasteiger partial charge in [0.15, 0.2) is 0 Å². The van der Waals surface area contributed by atoms with Crippen molar-refractivity contribution < 1.29 is 0 Å². The lowest BCUT2D eigenvalue weighted by atomic mass is 10.0. The third kappa shape index (κ3) is 2.99. The standard InChI is InChI=1S/C21H14ClNS/c22-16-12-10-15(11-13-16)20-14-24-21(19-9-5-4-8-18(19)20)23-17-6-2-1-3-7-17/h1-14H. The van der Waals surface area contributed by atoms with E-state index < -0.39 is 0 Å². The molecule has 3 heteroatoms. The molecule has 0 saturated heterocycles. The Labute approximate surface area is 149 Å². The van der Waals surface area contributed by atoms with Crippen LogP contribution in [0.3, 0.4) is 0 Å². The van der Waals surface area contributed by atoms with Gasteiger partial charge in [-0.1, -0.05) is 66.2 Å². The smallest absolute Gasteiger partial charge is 0.124 e. The molecule has 0 aliphatic heterocycles. The van der Waals surface area contributed by atoms with Crippen molar-refractivity contribution in [1.82, 2.24) is 0 Å². The van der Waals surface area contributed by atoms with Gasteiger partial charge in [-0.2, -0.15) is 0 Å². The van der Waals surface area contributed by atoms with Gasteiger partial charge in [-0.05, 0) is 40.8 Å². The van der Waals surface area contributed by atoms with Gasteiger partial charge in [-0.3, -0.25) is 0 Å². The molecule has 0 radical (unpaired) electrons. The second kappa shape index (κ2) is 6.60. The number of halogens is 1. The van der Waals surface area contributed by atoms with Gasteiger partial charge >= 0.3 is 0 Å². The summed E-state index contributed by atoms with van der Waals surface area (Å²) in [7, 11) is 0. The lowest BCUT2D eigenvalue weighted by molar-refractivity contribution is 1.43. The number of benzene rings is 3. The summed E-state index contributed by atoms with van der Waals surface area (Å²) < 4.78 is 1.02. The molecule has 1 nitrogen and oxygen atoms in total. The molecule has 0 fully saturated rings. The molecule has 4 rings (SSSR count). The van der Waals surface area contributed by atoms with Gasteiger partial charge in [0.05, 0.1) is 5.69 Å². The molecule has 1 heterocycles. The second-order valence-corrected chi connectivity index (χ2v) is 6.75. The predicted molar refractivity (Wildman–Crippen MR) is 104 cm³/mol. The number of rotatable bonds is 2. The minimum Gasteiger partial charge on any atom is -0.238 e. The fourth-order valence-corrected chi connectivity index (χ4v) is 3.79. The minimum absolute atomic E-state index is 0.752. The molecule has 3 aromatic carbocycles. The first-order valence-electron chi connectivity index (χ1n) is 7.67. The Morgan fingerprint density at radius 1 is 0.708 bits per heavy atom. The predicted octanol–water partition coefficient (Wildman–Crippen LogP) is 6.45. The Morgan fingerprint density at radius 3 is 2.12 bits per heavy atom. The molecule has 24 heavy (non-hydrogen) atoms. The van der Waals surface area contributed by atoms with Gasteiger partial charge in [0, 0.05) is 15.8 Å². The van der Waals surface area contributed by atoms with Crippen LogP contribution in [0.4, 0.5) is 5.69 Å². The van der Waals surface area contributed by atoms with Crippen LogP contribution >= 0.6 is 22.9 Å². The average Bonchev–Trinajstić information content (AvgIpc) is 2.64. The van der Waals surface area contributed by atoms with Crippen LogP contribution in [0.15, 0.2) is 89.2 Å². The zero-order valence-corrected chi connectivity index (χ0v) is 14.4. The van der Waals surface area contributed by atoms with Gasteiger partial charge in [0.2, 0.25) is 0 Å². The Morgan fingerprint density at radius 2 is 1.38 bits per heavy atom. The minimum atomic E-state index is 0.752. The van der Waals surface area contributed by atoms with Crippen molar-refractivity contribution in [2.24, 2.45) is 4.99 Å². The molecular weight excluding hydrogens is 334 g/mol. The molecule has 0 saturated carbocycles. The van der Waals surface area contributed by atoms with Crippen molar-refractivity contribution in [1.29, 1.82) is 0 Å². The molecule has 1 aromatic heterocycles. The lowest BCUT2D eigenvalue weighted by Crippen LogP contribution is -1.98. The summed E-state index contributed by atoms with van der Waals surface area (Å²) in [6.45, 7) is 0. The summed E-state index contributed by atoms with van der Waals surface area (Å²) in [6.07, 6.45) is 0. The number of nitrogens with zero attached hydrogens (tertiary/aromatic N) is 1. The summed E-state index contributed by atoms with van der Waals surface area (Å²) in [5.74, 6) is 0. The number of para-hydroxylation sites is 1. The van der Waals surface area contributed by atoms with Crippen LogP contribution in [0.25, 0.3) is 21.9 Å². The van der Waals surface area contributed by atoms with Gasteiger partial charge in [0.1, 0.15) is 4.67 Å². The molecular formula is C21H14ClNS. The SMILES string of the molecule is Clc1ccc(-c2csc(=Nc3ccccc3)c3ccccc23)cc1. The van der Waals surface area contributed by atoms with Crippen LogP contribution in [0, 0.1) is 0 Å². The highest BCUT2D eigenvalue weighted by Gasteiger charge is 2.06. The zero-order chi connectivity index (χ0) is 16.4. The largest absolute Gasteiger partial charge is 0.238 e. The van der Waals surface area contributed by atoms with Gasteiger partial charge < -0.3 is 0 Å². The van der Waals surface area contributed by atoms with Crippen LogP contribution in [-0.4, -0.2) is 0 Å². The molecule has 0 aliphatic rings. The average molecular weight is 348 g/mol. The molecule has 0 N–H and O–H groups in total. The van der Waals surface area contributed by atoms with Crippen LogP contribution in [0.5, 0.6) is 0 Å². The van der Waals surface area contributed by atoms with E-state index in [0.29, 0.717) is 0 Å². The molecule has 0 aliphatic carbocycles. The van der Waals surface area contributed by atoms with E-state index in [1.54, 1.807) is 11.3 Å². The summed E-state index contributed by atoms with van der Waals surface area (Å²) in [6, 6.07) is 26.5. The first kappa shape index (κ1) is 15.1. The summed E-state index contributed by atoms with van der Waals surface area (Å²) in [5.41, 5.74) is 3.34. The maximum atomic E-state index is 6.02. The summed E-state index contributed by atoms with van der Waals surface area (Å²) in [5, 5.41) is 5.29. The van der Waals surface area contributed by atoms with E-state index in [1.807, 2.05) is 42.5 Å². The highest BCUT2D eigenvalue weighted by molar-refractivity contribution is 7.08. The van der Waals surface area contributed by atoms with E-state index in [-0.39, 0.29) is 0 Å². The first-order valence-corrected chi connectivity index (χ1v) is 8.93. The molecule has 0 spiro atoms. The van der Waals surface area contributed by atoms with Crippen molar-refractivity contribution in [2.75, 3.05) is 0 Å². The third-order valence-electron chi connectivity index (χ3n) is 3.88. The van der Waals surface area contributed by atoms with E-state index in [9.17, 15) is 0 Å². The monoisotopic (exact) mass is 347 g/mol. The Balaban J connectivity index is 1.96. The van der Waals surface area contributed by atoms with Crippen molar-refractivity contribution in [3.8, 4) is 11.1 Å². The molecule has 4 aromatic rings. The molecule has 0 bridgehead atoms. The van der Waals surface area contributed by atoms with Crippen molar-refractivity contribution in [3.63, 3.8) is 0 Å². The summed E-state index contributed by atoms with van der Waals surface area (Å²) >= 11 is 7.68. The number of hydrogen-bond acceptors (Lipinski definition) is 2. The van der Waals surface area contributed by atoms with E-state index in [1.165, 1.54) is 16.3 Å². The lowest BCUT2D eigenvalue weighted by Gasteiger charge is -2.07. The van der Waals surface area contributed by atoms with Crippen molar-refractivity contribution in [3.05, 3.63) is 93.9 Å². The van der Waals surface area contributed by atoms with E-state index in [4.69, 9.17) is 16.6 Å². The normalized spacial score (nSPS) is 11.8. The zero-order valence-electron chi connectivity index (χ0n) is 12.8. The number of fused-ring (bicyclic) bond motifs is 1. The number of hydrogen-bond donors (Lipinski definition) is 0. The van der Waals surface area contributed by atoms with Crippen LogP contribution in [0.2, 0.25) is 5.02 Å². The van der Waals surface area contributed by atoms with E-state index in [2.05, 4.69) is 41.8 Å². The highest BCUT2D eigenvalue weighted by atomic mass is 35.5. The Bertz CT molecular complexity index is 1050. The Kier molecular flexibility index (Phi) is 4.16.